The topological polar surface area (TPSA) is 76.7 Å². The monoisotopic (exact) mass is 326 g/mol. The van der Waals surface area contributed by atoms with E-state index < -0.39 is 5.54 Å². The Hall–Kier alpha value is -2.50. The predicted molar refractivity (Wildman–Crippen MR) is 86.0 cm³/mol. The van der Waals surface area contributed by atoms with E-state index in [-0.39, 0.29) is 17.4 Å². The van der Waals surface area contributed by atoms with Gasteiger partial charge in [-0.25, -0.2) is 4.79 Å². The molecule has 2 aliphatic carbocycles. The summed E-state index contributed by atoms with van der Waals surface area (Å²) in [5.41, 5.74) is 1.60. The van der Waals surface area contributed by atoms with Gasteiger partial charge in [0.1, 0.15) is 18.8 Å². The summed E-state index contributed by atoms with van der Waals surface area (Å²) in [6, 6.07) is 3.76. The Labute approximate surface area is 139 Å². The predicted octanol–water partition coefficient (Wildman–Crippen LogP) is 1.87. The molecule has 1 aromatic rings. The Kier molecular flexibility index (Phi) is 2.62. The Morgan fingerprint density at radius 2 is 1.67 bits per heavy atom. The van der Waals surface area contributed by atoms with Crippen molar-refractivity contribution in [3.05, 3.63) is 29.3 Å². The first-order valence-electron chi connectivity index (χ1n) is 8.37. The molecule has 0 radical (unpaired) electrons. The summed E-state index contributed by atoms with van der Waals surface area (Å²) in [7, 11) is 0. The summed E-state index contributed by atoms with van der Waals surface area (Å²) >= 11 is 0. The number of amides is 3. The van der Waals surface area contributed by atoms with Crippen LogP contribution in [-0.4, -0.2) is 30.7 Å². The molecule has 124 valence electrons. The van der Waals surface area contributed by atoms with E-state index in [9.17, 15) is 9.59 Å². The minimum absolute atomic E-state index is 0.0793. The lowest BCUT2D eigenvalue weighted by Crippen LogP contribution is -2.51. The Morgan fingerprint density at radius 3 is 2.33 bits per heavy atom. The van der Waals surface area contributed by atoms with Crippen molar-refractivity contribution in [2.75, 3.05) is 13.2 Å². The second kappa shape index (κ2) is 4.53. The zero-order chi connectivity index (χ0) is 16.4. The Bertz CT molecular complexity index is 790. The number of allylic oxidation sites excluding steroid dienone is 1. The van der Waals surface area contributed by atoms with Gasteiger partial charge in [0.25, 0.3) is 5.91 Å². The number of nitrogens with one attached hydrogen (secondary N) is 2. The minimum Gasteiger partial charge on any atom is -0.486 e. The third-order valence-corrected chi connectivity index (χ3v) is 5.84. The molecule has 1 saturated carbocycles. The molecule has 3 amide bonds. The molecule has 1 saturated heterocycles. The standard InChI is InChI=1S/C18H18N2O4/c21-15-18(20-16(22)19-15)5-3-17(4-6-18)2-1-11-9-13-14(10-12(11)17)24-8-7-23-13/h1-2,9-10H,3-8H2,(H2,19,20,21,22). The molecular weight excluding hydrogens is 308 g/mol. The molecule has 2 spiro atoms. The summed E-state index contributed by atoms with van der Waals surface area (Å²) in [5, 5.41) is 5.20. The molecule has 0 unspecified atom stereocenters. The van der Waals surface area contributed by atoms with Crippen molar-refractivity contribution in [3.8, 4) is 11.5 Å². The van der Waals surface area contributed by atoms with Crippen LogP contribution in [0.4, 0.5) is 4.79 Å². The molecule has 2 N–H and O–H groups in total. The highest BCUT2D eigenvalue weighted by atomic mass is 16.6. The summed E-state index contributed by atoms with van der Waals surface area (Å²) in [6.45, 7) is 1.15. The number of hydrogen-bond donors (Lipinski definition) is 2. The van der Waals surface area contributed by atoms with Crippen molar-refractivity contribution in [2.24, 2.45) is 0 Å². The normalized spacial score (nSPS) is 32.8. The summed E-state index contributed by atoms with van der Waals surface area (Å²) in [5.74, 6) is 1.42. The van der Waals surface area contributed by atoms with Gasteiger partial charge in [-0.05, 0) is 48.9 Å². The Morgan fingerprint density at radius 1 is 0.958 bits per heavy atom. The van der Waals surface area contributed by atoms with Gasteiger partial charge in [0, 0.05) is 5.41 Å². The molecule has 0 atom stereocenters. The van der Waals surface area contributed by atoms with E-state index >= 15 is 0 Å². The molecule has 1 aromatic carbocycles. The molecule has 6 heteroatoms. The van der Waals surface area contributed by atoms with Crippen LogP contribution in [0.15, 0.2) is 18.2 Å². The first-order chi connectivity index (χ1) is 11.6. The van der Waals surface area contributed by atoms with Crippen LogP contribution in [0.25, 0.3) is 6.08 Å². The smallest absolute Gasteiger partial charge is 0.322 e. The average Bonchev–Trinajstić information content (AvgIpc) is 3.06. The maximum atomic E-state index is 12.2. The van der Waals surface area contributed by atoms with E-state index in [1.54, 1.807) is 0 Å². The number of urea groups is 1. The lowest BCUT2D eigenvalue weighted by molar-refractivity contribution is -0.125. The SMILES string of the molecule is O=C1NC(=O)C2(CCC3(C=Cc4cc5c(cc43)OCCO5)CC2)N1. The largest absolute Gasteiger partial charge is 0.486 e. The van der Waals surface area contributed by atoms with Crippen molar-refractivity contribution in [2.45, 2.75) is 36.6 Å². The molecule has 6 nitrogen and oxygen atoms in total. The second-order valence-electron chi connectivity index (χ2n) is 7.06. The average molecular weight is 326 g/mol. The fraction of sp³-hybridized carbons (Fsp3) is 0.444. The van der Waals surface area contributed by atoms with Crippen LogP contribution in [0, 0.1) is 0 Å². The molecule has 4 aliphatic rings. The van der Waals surface area contributed by atoms with E-state index in [0.29, 0.717) is 26.1 Å². The molecule has 2 fully saturated rings. The second-order valence-corrected chi connectivity index (χ2v) is 7.06. The van der Waals surface area contributed by atoms with Crippen molar-refractivity contribution in [1.82, 2.24) is 10.6 Å². The molecule has 5 rings (SSSR count). The van der Waals surface area contributed by atoms with E-state index in [0.717, 1.165) is 29.9 Å². The van der Waals surface area contributed by atoms with Crippen LogP contribution in [0.2, 0.25) is 0 Å². The maximum Gasteiger partial charge on any atom is 0.322 e. The molecular formula is C18H18N2O4. The number of hydrogen-bond acceptors (Lipinski definition) is 4. The minimum atomic E-state index is -0.729. The van der Waals surface area contributed by atoms with Gasteiger partial charge in [-0.1, -0.05) is 12.2 Å². The molecule has 2 aliphatic heterocycles. The molecule has 0 bridgehead atoms. The van der Waals surface area contributed by atoms with Crippen LogP contribution < -0.4 is 20.1 Å². The lowest BCUT2D eigenvalue weighted by atomic mass is 9.65. The first-order valence-corrected chi connectivity index (χ1v) is 8.37. The number of imide groups is 1. The van der Waals surface area contributed by atoms with Crippen molar-refractivity contribution < 1.29 is 19.1 Å². The first kappa shape index (κ1) is 13.9. The third kappa shape index (κ3) is 1.76. The van der Waals surface area contributed by atoms with Crippen LogP contribution in [0.5, 0.6) is 11.5 Å². The zero-order valence-corrected chi connectivity index (χ0v) is 13.2. The molecule has 0 aromatic heterocycles. The van der Waals surface area contributed by atoms with Gasteiger partial charge in [-0.3, -0.25) is 10.1 Å². The quantitative estimate of drug-likeness (QED) is 0.714. The van der Waals surface area contributed by atoms with Gasteiger partial charge in [0.05, 0.1) is 0 Å². The van der Waals surface area contributed by atoms with Crippen LogP contribution >= 0.6 is 0 Å². The highest BCUT2D eigenvalue weighted by Crippen LogP contribution is 2.51. The van der Waals surface area contributed by atoms with E-state index in [1.165, 1.54) is 5.56 Å². The summed E-state index contributed by atoms with van der Waals surface area (Å²) < 4.78 is 11.4. The van der Waals surface area contributed by atoms with Gasteiger partial charge in [0.15, 0.2) is 11.5 Å². The van der Waals surface area contributed by atoms with E-state index in [2.05, 4.69) is 28.9 Å². The van der Waals surface area contributed by atoms with Crippen molar-refractivity contribution in [1.29, 1.82) is 0 Å². The number of carbonyl (C=O) groups excluding carboxylic acids is 2. The van der Waals surface area contributed by atoms with Crippen LogP contribution in [-0.2, 0) is 10.2 Å². The Balaban J connectivity index is 1.47. The molecule has 2 heterocycles. The van der Waals surface area contributed by atoms with Gasteiger partial charge in [0.2, 0.25) is 0 Å². The third-order valence-electron chi connectivity index (χ3n) is 5.84. The fourth-order valence-electron chi connectivity index (χ4n) is 4.45. The van der Waals surface area contributed by atoms with Crippen molar-refractivity contribution >= 4 is 18.0 Å². The van der Waals surface area contributed by atoms with Crippen LogP contribution in [0.3, 0.4) is 0 Å². The highest BCUT2D eigenvalue weighted by molar-refractivity contribution is 6.07. The number of benzene rings is 1. The number of carbonyl (C=O) groups is 2. The highest BCUT2D eigenvalue weighted by Gasteiger charge is 2.52. The summed E-state index contributed by atoms with van der Waals surface area (Å²) in [6.07, 6.45) is 7.31. The number of rotatable bonds is 0. The number of ether oxygens (including phenoxy) is 2. The molecule has 24 heavy (non-hydrogen) atoms. The maximum absolute atomic E-state index is 12.2. The van der Waals surface area contributed by atoms with E-state index in [1.807, 2.05) is 6.07 Å². The lowest BCUT2D eigenvalue weighted by Gasteiger charge is -2.41. The fourth-order valence-corrected chi connectivity index (χ4v) is 4.45. The van der Waals surface area contributed by atoms with Gasteiger partial charge in [-0.15, -0.1) is 0 Å². The van der Waals surface area contributed by atoms with Crippen LogP contribution in [0.1, 0.15) is 36.8 Å². The van der Waals surface area contributed by atoms with E-state index in [4.69, 9.17) is 9.47 Å². The zero-order valence-electron chi connectivity index (χ0n) is 13.2. The van der Waals surface area contributed by atoms with Gasteiger partial charge < -0.3 is 14.8 Å². The van der Waals surface area contributed by atoms with Gasteiger partial charge >= 0.3 is 6.03 Å². The summed E-state index contributed by atoms with van der Waals surface area (Å²) in [4.78, 5) is 23.7. The number of fused-ring (bicyclic) bond motifs is 3. The van der Waals surface area contributed by atoms with Crippen molar-refractivity contribution in [3.63, 3.8) is 0 Å². The van der Waals surface area contributed by atoms with Gasteiger partial charge in [-0.2, -0.15) is 0 Å².